The van der Waals surface area contributed by atoms with Crippen LogP contribution in [-0.4, -0.2) is 27.2 Å². The van der Waals surface area contributed by atoms with Crippen molar-refractivity contribution in [3.8, 4) is 5.69 Å². The number of nitrogens with one attached hydrogen (secondary N) is 1. The molecule has 0 saturated heterocycles. The highest BCUT2D eigenvalue weighted by Crippen LogP contribution is 2.18. The molecule has 0 aliphatic rings. The van der Waals surface area contributed by atoms with Crippen molar-refractivity contribution in [1.82, 2.24) is 9.55 Å². The Morgan fingerprint density at radius 1 is 1.50 bits per heavy atom. The minimum absolute atomic E-state index is 0.200. The van der Waals surface area contributed by atoms with E-state index < -0.39 is 12.1 Å². The van der Waals surface area contributed by atoms with Crippen LogP contribution in [-0.2, 0) is 9.53 Å². The van der Waals surface area contributed by atoms with E-state index >= 15 is 0 Å². The summed E-state index contributed by atoms with van der Waals surface area (Å²) in [5.74, 6) is -0.706. The van der Waals surface area contributed by atoms with Crippen molar-refractivity contribution in [2.75, 3.05) is 6.61 Å². The van der Waals surface area contributed by atoms with Gasteiger partial charge >= 0.3 is 11.7 Å². The molecule has 2 aromatic rings. The quantitative estimate of drug-likeness (QED) is 0.818. The largest absolute Gasteiger partial charge is 0.464 e. The van der Waals surface area contributed by atoms with Crippen molar-refractivity contribution in [2.45, 2.75) is 20.0 Å². The van der Waals surface area contributed by atoms with E-state index in [1.807, 2.05) is 0 Å². The standard InChI is InChI=1S/C14H16N2O4/c1-3-20-13(18)12(17)10-5-4-6-11(7-10)16-9(2)8-15-14(16)19/h4-8,12,17H,3H2,1-2H3,(H,15,19). The van der Waals surface area contributed by atoms with E-state index in [0.717, 1.165) is 5.69 Å². The lowest BCUT2D eigenvalue weighted by atomic mass is 10.1. The Hall–Kier alpha value is -2.34. The summed E-state index contributed by atoms with van der Waals surface area (Å²) in [6.07, 6.45) is 0.237. The summed E-state index contributed by atoms with van der Waals surface area (Å²) in [4.78, 5) is 25.8. The maximum atomic E-state index is 11.7. The first-order valence-corrected chi connectivity index (χ1v) is 6.26. The number of carbonyl (C=O) groups excluding carboxylic acids is 1. The van der Waals surface area contributed by atoms with Crippen LogP contribution >= 0.6 is 0 Å². The molecule has 1 aromatic carbocycles. The monoisotopic (exact) mass is 276 g/mol. The number of H-pyrrole nitrogens is 1. The zero-order valence-corrected chi connectivity index (χ0v) is 11.3. The molecule has 0 bridgehead atoms. The Bertz CT molecular complexity index is 672. The Morgan fingerprint density at radius 2 is 2.25 bits per heavy atom. The first kappa shape index (κ1) is 14.1. The second-order valence-electron chi connectivity index (χ2n) is 4.32. The molecule has 2 N–H and O–H groups in total. The van der Waals surface area contributed by atoms with Crippen molar-refractivity contribution in [3.05, 3.63) is 52.2 Å². The Balaban J connectivity index is 2.38. The molecular weight excluding hydrogens is 260 g/mol. The van der Waals surface area contributed by atoms with Gasteiger partial charge in [-0.2, -0.15) is 0 Å². The fraction of sp³-hybridized carbons (Fsp3) is 0.286. The third kappa shape index (κ3) is 2.65. The van der Waals surface area contributed by atoms with Crippen LogP contribution in [0.3, 0.4) is 0 Å². The number of benzene rings is 1. The average molecular weight is 276 g/mol. The van der Waals surface area contributed by atoms with Gasteiger partial charge in [-0.1, -0.05) is 12.1 Å². The number of aromatic amines is 1. The summed E-state index contributed by atoms with van der Waals surface area (Å²) >= 11 is 0. The maximum absolute atomic E-state index is 11.7. The summed E-state index contributed by atoms with van der Waals surface area (Å²) in [7, 11) is 0. The highest BCUT2D eigenvalue weighted by molar-refractivity contribution is 5.76. The van der Waals surface area contributed by atoms with E-state index in [9.17, 15) is 14.7 Å². The number of imidazole rings is 1. The van der Waals surface area contributed by atoms with Crippen LogP contribution in [0.4, 0.5) is 0 Å². The van der Waals surface area contributed by atoms with Gasteiger partial charge in [0.1, 0.15) is 0 Å². The van der Waals surface area contributed by atoms with Crippen LogP contribution in [0.25, 0.3) is 5.69 Å². The number of aliphatic hydroxyl groups is 1. The van der Waals surface area contributed by atoms with Gasteiger partial charge in [0.25, 0.3) is 0 Å². The van der Waals surface area contributed by atoms with Gasteiger partial charge in [0, 0.05) is 11.9 Å². The zero-order chi connectivity index (χ0) is 14.7. The summed E-state index contributed by atoms with van der Waals surface area (Å²) in [6, 6.07) is 6.59. The number of hydrogen-bond acceptors (Lipinski definition) is 4. The maximum Gasteiger partial charge on any atom is 0.339 e. The molecule has 6 nitrogen and oxygen atoms in total. The van der Waals surface area contributed by atoms with Crippen LogP contribution in [0.2, 0.25) is 0 Å². The molecule has 1 aromatic heterocycles. The normalized spacial score (nSPS) is 12.2. The average Bonchev–Trinajstić information content (AvgIpc) is 2.77. The van der Waals surface area contributed by atoms with Crippen molar-refractivity contribution in [1.29, 1.82) is 0 Å². The highest BCUT2D eigenvalue weighted by atomic mass is 16.5. The van der Waals surface area contributed by atoms with Crippen molar-refractivity contribution < 1.29 is 14.6 Å². The Morgan fingerprint density at radius 3 is 2.85 bits per heavy atom. The highest BCUT2D eigenvalue weighted by Gasteiger charge is 2.19. The molecule has 6 heteroatoms. The summed E-state index contributed by atoms with van der Waals surface area (Å²) < 4.78 is 6.23. The Labute approximate surface area is 115 Å². The van der Waals surface area contributed by atoms with Crippen LogP contribution < -0.4 is 5.69 Å². The topological polar surface area (TPSA) is 84.3 Å². The first-order chi connectivity index (χ1) is 9.54. The first-order valence-electron chi connectivity index (χ1n) is 6.26. The lowest BCUT2D eigenvalue weighted by Gasteiger charge is -2.12. The summed E-state index contributed by atoms with van der Waals surface area (Å²) in [5.41, 5.74) is 1.42. The molecule has 106 valence electrons. The molecule has 0 fully saturated rings. The second kappa shape index (κ2) is 5.75. The molecule has 0 saturated carbocycles. The number of esters is 1. The van der Waals surface area contributed by atoms with Crippen molar-refractivity contribution in [2.24, 2.45) is 0 Å². The van der Waals surface area contributed by atoms with Crippen LogP contribution in [0, 0.1) is 6.92 Å². The van der Waals surface area contributed by atoms with Crippen LogP contribution in [0.15, 0.2) is 35.3 Å². The molecule has 0 aliphatic heterocycles. The third-order valence-electron chi connectivity index (χ3n) is 2.91. The molecule has 1 heterocycles. The lowest BCUT2D eigenvalue weighted by molar-refractivity contribution is -0.153. The minimum atomic E-state index is -1.36. The fourth-order valence-corrected chi connectivity index (χ4v) is 1.97. The van der Waals surface area contributed by atoms with E-state index in [0.29, 0.717) is 11.3 Å². The fourth-order valence-electron chi connectivity index (χ4n) is 1.97. The minimum Gasteiger partial charge on any atom is -0.464 e. The number of aliphatic hydroxyl groups excluding tert-OH is 1. The van der Waals surface area contributed by atoms with Gasteiger partial charge in [-0.15, -0.1) is 0 Å². The van der Waals surface area contributed by atoms with E-state index in [1.54, 1.807) is 44.3 Å². The van der Waals surface area contributed by atoms with E-state index in [4.69, 9.17) is 4.74 Å². The molecule has 0 radical (unpaired) electrons. The second-order valence-corrected chi connectivity index (χ2v) is 4.32. The van der Waals surface area contributed by atoms with E-state index in [-0.39, 0.29) is 12.3 Å². The lowest BCUT2D eigenvalue weighted by Crippen LogP contribution is -2.18. The molecule has 0 aliphatic carbocycles. The molecular formula is C14H16N2O4. The molecule has 0 amide bonds. The zero-order valence-electron chi connectivity index (χ0n) is 11.3. The van der Waals surface area contributed by atoms with Gasteiger partial charge in [-0.3, -0.25) is 4.57 Å². The van der Waals surface area contributed by atoms with Crippen molar-refractivity contribution in [3.63, 3.8) is 0 Å². The summed E-state index contributed by atoms with van der Waals surface area (Å²) in [6.45, 7) is 3.65. The predicted molar refractivity (Wildman–Crippen MR) is 72.7 cm³/mol. The molecule has 1 unspecified atom stereocenters. The number of aryl methyl sites for hydroxylation is 1. The van der Waals surface area contributed by atoms with Crippen LogP contribution in [0.1, 0.15) is 24.3 Å². The van der Waals surface area contributed by atoms with Crippen LogP contribution in [0.5, 0.6) is 0 Å². The molecule has 2 rings (SSSR count). The van der Waals surface area contributed by atoms with Gasteiger partial charge in [0.2, 0.25) is 0 Å². The number of aromatic nitrogens is 2. The number of carbonyl (C=O) groups is 1. The Kier molecular flexibility index (Phi) is 4.05. The number of nitrogens with zero attached hydrogens (tertiary/aromatic N) is 1. The predicted octanol–water partition coefficient (Wildman–Crippen LogP) is 1.07. The van der Waals surface area contributed by atoms with Gasteiger partial charge < -0.3 is 14.8 Å². The van der Waals surface area contributed by atoms with Gasteiger partial charge in [0.15, 0.2) is 6.10 Å². The van der Waals surface area contributed by atoms with Crippen molar-refractivity contribution >= 4 is 5.97 Å². The molecule has 1 atom stereocenters. The SMILES string of the molecule is CCOC(=O)C(O)c1cccc(-n2c(C)c[nH]c2=O)c1. The van der Waals surface area contributed by atoms with E-state index in [2.05, 4.69) is 4.98 Å². The smallest absolute Gasteiger partial charge is 0.339 e. The van der Waals surface area contributed by atoms with Gasteiger partial charge in [-0.25, -0.2) is 9.59 Å². The summed E-state index contributed by atoms with van der Waals surface area (Å²) in [5, 5.41) is 9.91. The number of hydrogen-bond donors (Lipinski definition) is 2. The van der Waals surface area contributed by atoms with E-state index in [1.165, 1.54) is 4.57 Å². The van der Waals surface area contributed by atoms with Gasteiger partial charge in [-0.05, 0) is 31.5 Å². The molecule has 20 heavy (non-hydrogen) atoms. The number of rotatable bonds is 4. The molecule has 0 spiro atoms. The third-order valence-corrected chi connectivity index (χ3v) is 2.91. The van der Waals surface area contributed by atoms with Gasteiger partial charge in [0.05, 0.1) is 12.3 Å². The number of ether oxygens (including phenoxy) is 1.